The van der Waals surface area contributed by atoms with E-state index in [0.29, 0.717) is 29.0 Å². The normalized spacial score (nSPS) is 20.8. The first-order valence-electron chi connectivity index (χ1n) is 4.59. The Kier molecular flexibility index (Phi) is 2.31. The third kappa shape index (κ3) is 1.44. The lowest BCUT2D eigenvalue weighted by molar-refractivity contribution is 0.0952. The van der Waals surface area contributed by atoms with E-state index in [1.54, 1.807) is 0 Å². The van der Waals surface area contributed by atoms with Crippen molar-refractivity contribution in [3.63, 3.8) is 0 Å². The summed E-state index contributed by atoms with van der Waals surface area (Å²) >= 11 is 5.87. The van der Waals surface area contributed by atoms with Gasteiger partial charge in [0.25, 0.3) is 0 Å². The van der Waals surface area contributed by atoms with Crippen LogP contribution in [0, 0.1) is 11.7 Å². The fraction of sp³-hybridized carbons (Fsp3) is 0.364. The molecule has 1 nitrogen and oxygen atoms in total. The van der Waals surface area contributed by atoms with E-state index in [4.69, 9.17) is 11.6 Å². The lowest BCUT2D eigenvalue weighted by atomic mass is 9.84. The van der Waals surface area contributed by atoms with Crippen molar-refractivity contribution in [3.8, 4) is 0 Å². The molecule has 0 saturated heterocycles. The van der Waals surface area contributed by atoms with Crippen molar-refractivity contribution in [2.45, 2.75) is 19.8 Å². The van der Waals surface area contributed by atoms with Crippen LogP contribution in [0.2, 0.25) is 5.02 Å². The first kappa shape index (κ1) is 9.66. The Morgan fingerprint density at radius 2 is 2.14 bits per heavy atom. The average Bonchev–Trinajstić information content (AvgIpc) is 2.10. The molecule has 0 aliphatic heterocycles. The number of Topliss-reactive ketones (excluding diaryl/α,β-unsaturated/α-hetero) is 1. The van der Waals surface area contributed by atoms with Gasteiger partial charge in [-0.25, -0.2) is 4.39 Å². The fourth-order valence-corrected chi connectivity index (χ4v) is 2.22. The predicted octanol–water partition coefficient (Wildman–Crippen LogP) is 3.24. The maximum absolute atomic E-state index is 13.4. The molecule has 0 saturated carbocycles. The van der Waals surface area contributed by atoms with E-state index in [9.17, 15) is 9.18 Å². The molecule has 74 valence electrons. The minimum absolute atomic E-state index is 0.0387. The summed E-state index contributed by atoms with van der Waals surface area (Å²) in [4.78, 5) is 11.6. The Hall–Kier alpha value is -0.890. The molecule has 1 unspecified atom stereocenters. The smallest absolute Gasteiger partial charge is 0.165 e. The van der Waals surface area contributed by atoms with Crippen LogP contribution in [0.4, 0.5) is 4.39 Å². The van der Waals surface area contributed by atoms with Gasteiger partial charge < -0.3 is 0 Å². The van der Waals surface area contributed by atoms with Gasteiger partial charge in [0.1, 0.15) is 5.82 Å². The van der Waals surface area contributed by atoms with Crippen LogP contribution in [-0.2, 0) is 6.42 Å². The van der Waals surface area contributed by atoms with Gasteiger partial charge in [-0.3, -0.25) is 4.79 Å². The van der Waals surface area contributed by atoms with Crippen molar-refractivity contribution >= 4 is 17.4 Å². The SMILES string of the molecule is CC1CC(=O)c2c(Cl)ccc(F)c2C1. The molecule has 0 bridgehead atoms. The van der Waals surface area contributed by atoms with Crippen LogP contribution in [0.1, 0.15) is 29.3 Å². The number of rotatable bonds is 0. The Balaban J connectivity index is 2.63. The molecule has 3 heteroatoms. The number of fused-ring (bicyclic) bond motifs is 1. The average molecular weight is 213 g/mol. The summed E-state index contributed by atoms with van der Waals surface area (Å²) in [6, 6.07) is 2.77. The first-order chi connectivity index (χ1) is 6.59. The van der Waals surface area contributed by atoms with E-state index in [1.165, 1.54) is 12.1 Å². The van der Waals surface area contributed by atoms with Gasteiger partial charge in [0, 0.05) is 17.5 Å². The van der Waals surface area contributed by atoms with Gasteiger partial charge in [0.15, 0.2) is 5.78 Å². The highest BCUT2D eigenvalue weighted by Crippen LogP contribution is 2.32. The van der Waals surface area contributed by atoms with Gasteiger partial charge in [-0.15, -0.1) is 0 Å². The van der Waals surface area contributed by atoms with Crippen molar-refractivity contribution in [1.82, 2.24) is 0 Å². The zero-order valence-corrected chi connectivity index (χ0v) is 8.57. The number of ketones is 1. The van der Waals surface area contributed by atoms with E-state index in [1.807, 2.05) is 6.92 Å². The third-order valence-electron chi connectivity index (χ3n) is 2.57. The minimum Gasteiger partial charge on any atom is -0.294 e. The van der Waals surface area contributed by atoms with E-state index in [2.05, 4.69) is 0 Å². The van der Waals surface area contributed by atoms with Crippen LogP contribution in [0.5, 0.6) is 0 Å². The fourth-order valence-electron chi connectivity index (χ4n) is 1.93. The van der Waals surface area contributed by atoms with E-state index >= 15 is 0 Å². The summed E-state index contributed by atoms with van der Waals surface area (Å²) in [6.07, 6.45) is 1.07. The topological polar surface area (TPSA) is 17.1 Å². The number of hydrogen-bond acceptors (Lipinski definition) is 1. The molecule has 1 aromatic rings. The molecule has 1 aliphatic carbocycles. The van der Waals surface area contributed by atoms with Crippen LogP contribution < -0.4 is 0 Å². The Bertz CT molecular complexity index is 401. The highest BCUT2D eigenvalue weighted by molar-refractivity contribution is 6.34. The van der Waals surface area contributed by atoms with Crippen LogP contribution >= 0.6 is 11.6 Å². The van der Waals surface area contributed by atoms with Gasteiger partial charge in [-0.1, -0.05) is 18.5 Å². The maximum atomic E-state index is 13.4. The molecule has 0 radical (unpaired) electrons. The molecule has 0 aromatic heterocycles. The van der Waals surface area contributed by atoms with E-state index in [-0.39, 0.29) is 17.5 Å². The molecule has 0 N–H and O–H groups in total. The predicted molar refractivity (Wildman–Crippen MR) is 53.2 cm³/mol. The maximum Gasteiger partial charge on any atom is 0.165 e. The Morgan fingerprint density at radius 3 is 2.86 bits per heavy atom. The Labute approximate surface area is 86.9 Å². The molecule has 0 fully saturated rings. The van der Waals surface area contributed by atoms with Crippen LogP contribution in [0.15, 0.2) is 12.1 Å². The second-order valence-corrected chi connectivity index (χ2v) is 4.23. The molecule has 14 heavy (non-hydrogen) atoms. The third-order valence-corrected chi connectivity index (χ3v) is 2.89. The van der Waals surface area contributed by atoms with Crippen molar-refractivity contribution < 1.29 is 9.18 Å². The molecule has 1 atom stereocenters. The molecule has 0 spiro atoms. The summed E-state index contributed by atoms with van der Waals surface area (Å²) < 4.78 is 13.4. The van der Waals surface area contributed by atoms with E-state index in [0.717, 1.165) is 0 Å². The summed E-state index contributed by atoms with van der Waals surface area (Å²) in [6.45, 7) is 1.95. The monoisotopic (exact) mass is 212 g/mol. The Morgan fingerprint density at radius 1 is 1.43 bits per heavy atom. The standard InChI is InChI=1S/C11H10ClFO/c1-6-4-7-9(13)3-2-8(12)11(7)10(14)5-6/h2-3,6H,4-5H2,1H3. The van der Waals surface area contributed by atoms with Crippen molar-refractivity contribution in [2.24, 2.45) is 5.92 Å². The lowest BCUT2D eigenvalue weighted by Gasteiger charge is -2.21. The van der Waals surface area contributed by atoms with Crippen molar-refractivity contribution in [1.29, 1.82) is 0 Å². The zero-order valence-electron chi connectivity index (χ0n) is 7.81. The number of halogens is 2. The molecule has 0 amide bonds. The molecule has 1 aromatic carbocycles. The van der Waals surface area contributed by atoms with Gasteiger partial charge in [-0.05, 0) is 24.5 Å². The van der Waals surface area contributed by atoms with Gasteiger partial charge in [0.2, 0.25) is 0 Å². The quantitative estimate of drug-likeness (QED) is 0.645. The zero-order chi connectivity index (χ0) is 10.3. The lowest BCUT2D eigenvalue weighted by Crippen LogP contribution is -2.19. The molecule has 0 heterocycles. The number of carbonyl (C=O) groups is 1. The van der Waals surface area contributed by atoms with Gasteiger partial charge >= 0.3 is 0 Å². The van der Waals surface area contributed by atoms with Crippen LogP contribution in [0.3, 0.4) is 0 Å². The summed E-state index contributed by atoms with van der Waals surface area (Å²) in [5.74, 6) is -0.143. The van der Waals surface area contributed by atoms with Gasteiger partial charge in [0.05, 0.1) is 5.02 Å². The van der Waals surface area contributed by atoms with Crippen molar-refractivity contribution in [3.05, 3.63) is 34.1 Å². The molecule has 1 aliphatic rings. The second kappa shape index (κ2) is 3.35. The highest BCUT2D eigenvalue weighted by atomic mass is 35.5. The highest BCUT2D eigenvalue weighted by Gasteiger charge is 2.26. The van der Waals surface area contributed by atoms with Crippen LogP contribution in [0.25, 0.3) is 0 Å². The minimum atomic E-state index is -0.315. The van der Waals surface area contributed by atoms with E-state index < -0.39 is 0 Å². The van der Waals surface area contributed by atoms with Crippen molar-refractivity contribution in [2.75, 3.05) is 0 Å². The summed E-state index contributed by atoms with van der Waals surface area (Å²) in [7, 11) is 0. The van der Waals surface area contributed by atoms with Gasteiger partial charge in [-0.2, -0.15) is 0 Å². The summed E-state index contributed by atoms with van der Waals surface area (Å²) in [5, 5.41) is 0.373. The number of carbonyl (C=O) groups excluding carboxylic acids is 1. The number of benzene rings is 1. The molecule has 2 rings (SSSR count). The second-order valence-electron chi connectivity index (χ2n) is 3.82. The van der Waals surface area contributed by atoms with Crippen LogP contribution in [-0.4, -0.2) is 5.78 Å². The largest absolute Gasteiger partial charge is 0.294 e. The number of hydrogen-bond donors (Lipinski definition) is 0. The molecular formula is C11H10ClFO. The first-order valence-corrected chi connectivity index (χ1v) is 4.97. The summed E-state index contributed by atoms with van der Waals surface area (Å²) in [5.41, 5.74) is 0.881. The molecular weight excluding hydrogens is 203 g/mol.